The molecule has 2 aromatic carbocycles. The molecule has 0 saturated carbocycles. The van der Waals surface area contributed by atoms with Crippen LogP contribution in [0.3, 0.4) is 0 Å². The van der Waals surface area contributed by atoms with E-state index in [1.807, 2.05) is 12.1 Å². The van der Waals surface area contributed by atoms with E-state index < -0.39 is 10.0 Å². The molecule has 0 radical (unpaired) electrons. The van der Waals surface area contributed by atoms with Gasteiger partial charge in [-0.3, -0.25) is 14.6 Å². The van der Waals surface area contributed by atoms with Gasteiger partial charge in [0.05, 0.1) is 28.3 Å². The molecule has 1 aromatic heterocycles. The number of morpholine rings is 1. The molecule has 36 heavy (non-hydrogen) atoms. The Hall–Kier alpha value is -2.08. The van der Waals surface area contributed by atoms with Gasteiger partial charge in [0.1, 0.15) is 0 Å². The van der Waals surface area contributed by atoms with Crippen LogP contribution in [-0.4, -0.2) is 81.0 Å². The lowest BCUT2D eigenvalue weighted by molar-refractivity contribution is 0.0376. The van der Waals surface area contributed by atoms with Gasteiger partial charge in [0.2, 0.25) is 10.0 Å². The second-order valence-corrected chi connectivity index (χ2v) is 11.9. The van der Waals surface area contributed by atoms with Crippen LogP contribution >= 0.6 is 22.9 Å². The maximum absolute atomic E-state index is 13.7. The average Bonchev–Trinajstić information content (AvgIpc) is 3.30. The quantitative estimate of drug-likeness (QED) is 0.373. The number of aromatic nitrogens is 1. The molecule has 8 nitrogen and oxygen atoms in total. The van der Waals surface area contributed by atoms with Crippen LogP contribution in [0.4, 0.5) is 5.13 Å². The molecule has 1 aliphatic rings. The summed E-state index contributed by atoms with van der Waals surface area (Å²) in [4.78, 5) is 22.5. The van der Waals surface area contributed by atoms with E-state index in [1.54, 1.807) is 36.9 Å². The number of nitrogens with zero attached hydrogens (tertiary/aromatic N) is 4. The number of carbonyl (C=O) groups excluding carboxylic acids is 1. The fourth-order valence-corrected chi connectivity index (χ4v) is 6.92. The summed E-state index contributed by atoms with van der Waals surface area (Å²) in [5, 5.41) is 1.21. The largest absolute Gasteiger partial charge is 0.379 e. The minimum Gasteiger partial charge on any atom is -0.379 e. The number of halogens is 1. The summed E-state index contributed by atoms with van der Waals surface area (Å²) in [5.41, 5.74) is 1.20. The van der Waals surface area contributed by atoms with Crippen LogP contribution in [0.25, 0.3) is 10.2 Å². The number of amides is 1. The van der Waals surface area contributed by atoms with Gasteiger partial charge in [0, 0.05) is 49.9 Å². The van der Waals surface area contributed by atoms with E-state index in [2.05, 4.69) is 4.90 Å². The first-order valence-corrected chi connectivity index (χ1v) is 14.7. The summed E-state index contributed by atoms with van der Waals surface area (Å²) in [6, 6.07) is 11.7. The van der Waals surface area contributed by atoms with Crippen LogP contribution in [0.15, 0.2) is 47.4 Å². The number of hydrogen-bond donors (Lipinski definition) is 0. The number of fused-ring (bicyclic) bond motifs is 1. The van der Waals surface area contributed by atoms with E-state index in [0.29, 0.717) is 35.4 Å². The highest BCUT2D eigenvalue weighted by atomic mass is 35.5. The Morgan fingerprint density at radius 3 is 2.47 bits per heavy atom. The SMILES string of the molecule is CCN(CC)S(=O)(=O)c1ccc(C(=O)N(CCCN2CCOCC2)c2nc3ccc(Cl)cc3s2)cc1. The van der Waals surface area contributed by atoms with Gasteiger partial charge in [0.15, 0.2) is 5.13 Å². The van der Waals surface area contributed by atoms with Gasteiger partial charge in [-0.15, -0.1) is 0 Å². The summed E-state index contributed by atoms with van der Waals surface area (Å²) in [5.74, 6) is -0.214. The van der Waals surface area contributed by atoms with Gasteiger partial charge in [0.25, 0.3) is 5.91 Å². The van der Waals surface area contributed by atoms with Gasteiger partial charge < -0.3 is 4.74 Å². The second-order valence-electron chi connectivity index (χ2n) is 8.49. The van der Waals surface area contributed by atoms with Crippen molar-refractivity contribution in [1.29, 1.82) is 0 Å². The fourth-order valence-electron chi connectivity index (χ4n) is 4.20. The average molecular weight is 551 g/mol. The minimum absolute atomic E-state index is 0.177. The van der Waals surface area contributed by atoms with Crippen LogP contribution in [0.2, 0.25) is 5.02 Å². The zero-order valence-electron chi connectivity index (χ0n) is 20.5. The topological polar surface area (TPSA) is 83.1 Å². The van der Waals surface area contributed by atoms with Gasteiger partial charge in [-0.2, -0.15) is 4.31 Å². The van der Waals surface area contributed by atoms with Crippen molar-refractivity contribution in [1.82, 2.24) is 14.2 Å². The molecule has 0 atom stereocenters. The summed E-state index contributed by atoms with van der Waals surface area (Å²) in [6.07, 6.45) is 0.775. The van der Waals surface area contributed by atoms with Gasteiger partial charge in [-0.05, 0) is 48.9 Å². The molecule has 0 aliphatic carbocycles. The first-order chi connectivity index (χ1) is 17.3. The van der Waals surface area contributed by atoms with Crippen molar-refractivity contribution >= 4 is 54.2 Å². The van der Waals surface area contributed by atoms with Crippen molar-refractivity contribution < 1.29 is 17.9 Å². The Balaban J connectivity index is 1.58. The summed E-state index contributed by atoms with van der Waals surface area (Å²) in [6.45, 7) is 8.95. The molecule has 3 aromatic rings. The maximum atomic E-state index is 13.7. The summed E-state index contributed by atoms with van der Waals surface area (Å²) in [7, 11) is -3.59. The van der Waals surface area contributed by atoms with Crippen LogP contribution in [0.1, 0.15) is 30.6 Å². The molecular formula is C25H31ClN4O4S2. The second kappa shape index (κ2) is 12.0. The molecule has 0 bridgehead atoms. The monoisotopic (exact) mass is 550 g/mol. The first kappa shape index (κ1) is 27.0. The number of rotatable bonds is 10. The third kappa shape index (κ3) is 6.07. The van der Waals surface area contributed by atoms with Crippen molar-refractivity contribution in [3.8, 4) is 0 Å². The Bertz CT molecular complexity index is 1290. The molecule has 2 heterocycles. The highest BCUT2D eigenvalue weighted by molar-refractivity contribution is 7.89. The first-order valence-electron chi connectivity index (χ1n) is 12.1. The Labute approximate surface area is 221 Å². The molecule has 4 rings (SSSR count). The zero-order valence-corrected chi connectivity index (χ0v) is 22.9. The number of carbonyl (C=O) groups is 1. The molecule has 1 aliphatic heterocycles. The van der Waals surface area contributed by atoms with Gasteiger partial charge in [-0.1, -0.05) is 36.8 Å². The third-order valence-electron chi connectivity index (χ3n) is 6.22. The lowest BCUT2D eigenvalue weighted by Gasteiger charge is -2.27. The Morgan fingerprint density at radius 2 is 1.81 bits per heavy atom. The number of sulfonamides is 1. The third-order valence-corrected chi connectivity index (χ3v) is 9.56. The fraction of sp³-hybridized carbons (Fsp3) is 0.440. The Kier molecular flexibility index (Phi) is 8.97. The molecular weight excluding hydrogens is 520 g/mol. The van der Waals surface area contributed by atoms with Crippen LogP contribution in [0.5, 0.6) is 0 Å². The predicted molar refractivity (Wildman–Crippen MR) is 145 cm³/mol. The van der Waals surface area contributed by atoms with E-state index in [4.69, 9.17) is 21.3 Å². The lowest BCUT2D eigenvalue weighted by atomic mass is 10.2. The molecule has 0 unspecified atom stereocenters. The van der Waals surface area contributed by atoms with E-state index in [9.17, 15) is 13.2 Å². The molecule has 11 heteroatoms. The number of hydrogen-bond acceptors (Lipinski definition) is 7. The molecule has 194 valence electrons. The van der Waals surface area contributed by atoms with E-state index in [1.165, 1.54) is 27.8 Å². The van der Waals surface area contributed by atoms with Gasteiger partial charge >= 0.3 is 0 Å². The molecule has 0 N–H and O–H groups in total. The maximum Gasteiger partial charge on any atom is 0.260 e. The number of anilines is 1. The highest BCUT2D eigenvalue weighted by Crippen LogP contribution is 2.32. The number of ether oxygens (including phenoxy) is 1. The normalized spacial score (nSPS) is 15.0. The molecule has 1 saturated heterocycles. The van der Waals surface area contributed by atoms with E-state index >= 15 is 0 Å². The van der Waals surface area contributed by atoms with E-state index in [0.717, 1.165) is 49.5 Å². The predicted octanol–water partition coefficient (Wildman–Crippen LogP) is 4.35. The van der Waals surface area contributed by atoms with E-state index in [-0.39, 0.29) is 10.8 Å². The van der Waals surface area contributed by atoms with Crippen LogP contribution in [0, 0.1) is 0 Å². The highest BCUT2D eigenvalue weighted by Gasteiger charge is 2.25. The van der Waals surface area contributed by atoms with Crippen molar-refractivity contribution in [2.24, 2.45) is 0 Å². The minimum atomic E-state index is -3.59. The summed E-state index contributed by atoms with van der Waals surface area (Å²) < 4.78 is 33.4. The zero-order chi connectivity index (χ0) is 25.7. The van der Waals surface area contributed by atoms with Crippen LogP contribution in [-0.2, 0) is 14.8 Å². The Morgan fingerprint density at radius 1 is 1.11 bits per heavy atom. The molecule has 1 amide bonds. The smallest absolute Gasteiger partial charge is 0.260 e. The number of benzene rings is 2. The molecule has 1 fully saturated rings. The van der Waals surface area contributed by atoms with Crippen LogP contribution < -0.4 is 4.90 Å². The van der Waals surface area contributed by atoms with Gasteiger partial charge in [-0.25, -0.2) is 13.4 Å². The number of thiazole rings is 1. The lowest BCUT2D eigenvalue weighted by Crippen LogP contribution is -2.39. The molecule has 0 spiro atoms. The van der Waals surface area contributed by atoms with Crippen molar-refractivity contribution in [3.05, 3.63) is 53.1 Å². The standard InChI is InChI=1S/C25H31ClN4O4S2/c1-3-29(4-2)36(32,33)21-9-6-19(7-10-21)24(31)30(13-5-12-28-14-16-34-17-15-28)25-27-22-11-8-20(26)18-23(22)35-25/h6-11,18H,3-5,12-17H2,1-2H3. The summed E-state index contributed by atoms with van der Waals surface area (Å²) >= 11 is 7.58. The van der Waals surface area contributed by atoms with Crippen molar-refractivity contribution in [2.75, 3.05) is 57.4 Å². The van der Waals surface area contributed by atoms with Crippen molar-refractivity contribution in [3.63, 3.8) is 0 Å². The van der Waals surface area contributed by atoms with Crippen molar-refractivity contribution in [2.45, 2.75) is 25.2 Å².